The second-order valence-electron chi connectivity index (χ2n) is 1.57. The van der Waals surface area contributed by atoms with Crippen molar-refractivity contribution in [2.75, 3.05) is 11.5 Å². The van der Waals surface area contributed by atoms with Crippen molar-refractivity contribution in [3.63, 3.8) is 0 Å². The van der Waals surface area contributed by atoms with Gasteiger partial charge in [-0.1, -0.05) is 31.9 Å². The Morgan fingerprint density at radius 2 is 1.33 bits per heavy atom. The zero-order valence-electron chi connectivity index (χ0n) is 5.88. The van der Waals surface area contributed by atoms with Crippen molar-refractivity contribution in [3.8, 4) is 10.8 Å². The van der Waals surface area contributed by atoms with E-state index in [2.05, 4.69) is 31.9 Å². The van der Waals surface area contributed by atoms with E-state index in [9.17, 15) is 0 Å². The molecule has 0 rings (SSSR count). The maximum absolute atomic E-state index is 8.27. The molecule has 0 aliphatic heterocycles. The molecule has 0 radical (unpaired) electrons. The summed E-state index contributed by atoms with van der Waals surface area (Å²) in [5, 5.41) is 20.5. The van der Waals surface area contributed by atoms with Crippen LogP contribution in [0, 0.1) is 21.3 Å². The fourth-order valence-electron chi connectivity index (χ4n) is 0.348. The lowest BCUT2D eigenvalue weighted by atomic mass is 10.6. The van der Waals surface area contributed by atoms with Gasteiger partial charge in [0.25, 0.3) is 0 Å². The number of rotatable bonds is 4. The van der Waals surface area contributed by atoms with E-state index in [1.165, 1.54) is 0 Å². The Morgan fingerprint density at radius 3 is 1.58 bits per heavy atom. The molecule has 0 fully saturated rings. The lowest BCUT2D eigenvalue weighted by molar-refractivity contribution is 1.56. The van der Waals surface area contributed by atoms with Crippen LogP contribution in [0.1, 0.15) is 0 Å². The van der Waals surface area contributed by atoms with Crippen molar-refractivity contribution in [1.82, 2.24) is 0 Å². The first-order valence-corrected chi connectivity index (χ1v) is 6.33. The van der Waals surface area contributed by atoms with Gasteiger partial charge in [-0.3, -0.25) is 0 Å². The van der Waals surface area contributed by atoms with Crippen molar-refractivity contribution in [1.29, 1.82) is 10.5 Å². The molecule has 0 heterocycles. The molecule has 0 spiro atoms. The van der Waals surface area contributed by atoms with Gasteiger partial charge in [-0.2, -0.15) is 10.5 Å². The van der Waals surface area contributed by atoms with Gasteiger partial charge >= 0.3 is 0 Å². The molecule has 12 heavy (non-hydrogen) atoms. The van der Waals surface area contributed by atoms with Crippen LogP contribution in [0.5, 0.6) is 0 Å². The first-order chi connectivity index (χ1) is 5.72. The van der Waals surface area contributed by atoms with E-state index in [4.69, 9.17) is 10.5 Å². The maximum Gasteiger partial charge on any atom is 0.133 e. The van der Waals surface area contributed by atoms with Gasteiger partial charge in [0.1, 0.15) is 10.8 Å². The largest absolute Gasteiger partial charge is 0.185 e. The van der Waals surface area contributed by atoms with Gasteiger partial charge in [-0.05, 0) is 23.5 Å². The fraction of sp³-hybridized carbons (Fsp3) is 0.333. The smallest absolute Gasteiger partial charge is 0.133 e. The predicted octanol–water partition coefficient (Wildman–Crippen LogP) is 3.42. The van der Waals surface area contributed by atoms with E-state index in [1.807, 2.05) is 10.8 Å². The monoisotopic (exact) mass is 326 g/mol. The third kappa shape index (κ3) is 5.96. The molecule has 0 N–H and O–H groups in total. The van der Waals surface area contributed by atoms with Gasteiger partial charge in [0.05, 0.1) is 0 Å². The quantitative estimate of drug-likeness (QED) is 0.742. The summed E-state index contributed by atoms with van der Waals surface area (Å²) in [6, 6.07) is 0. The summed E-state index contributed by atoms with van der Waals surface area (Å²) >= 11 is 8.94. The van der Waals surface area contributed by atoms with Crippen LogP contribution in [0.2, 0.25) is 0 Å². The fourth-order valence-corrected chi connectivity index (χ4v) is 2.42. The van der Waals surface area contributed by atoms with Gasteiger partial charge in [-0.25, -0.2) is 0 Å². The summed E-state index contributed by atoms with van der Waals surface area (Å²) in [6.07, 6.45) is 0. The van der Waals surface area contributed by atoms with Crippen LogP contribution in [-0.4, -0.2) is 11.5 Å². The first-order valence-electron chi connectivity index (χ1n) is 2.77. The van der Waals surface area contributed by atoms with Gasteiger partial charge in [0.15, 0.2) is 0 Å². The molecule has 0 saturated heterocycles. The van der Waals surface area contributed by atoms with Crippen molar-refractivity contribution in [2.45, 2.75) is 0 Å². The third-order valence-electron chi connectivity index (χ3n) is 0.821. The average molecular weight is 328 g/mol. The molecule has 0 aromatic heterocycles. The Bertz CT molecular complexity index is 225. The summed E-state index contributed by atoms with van der Waals surface area (Å²) in [7, 11) is 0. The van der Waals surface area contributed by atoms with Crippen molar-refractivity contribution in [3.05, 3.63) is 8.96 Å². The second-order valence-corrected chi connectivity index (χ2v) is 5.00. The highest BCUT2D eigenvalue weighted by molar-refractivity contribution is 9.14. The Kier molecular flexibility index (Phi) is 8.25. The van der Waals surface area contributed by atoms with Crippen LogP contribution in [0.25, 0.3) is 0 Å². The van der Waals surface area contributed by atoms with Crippen molar-refractivity contribution in [2.24, 2.45) is 0 Å². The summed E-state index contributed by atoms with van der Waals surface area (Å²) in [6.45, 7) is 0. The minimum atomic E-state index is 0.614. The summed E-state index contributed by atoms with van der Waals surface area (Å²) in [4.78, 5) is 0. The number of thioether (sulfide) groups is 2. The molecule has 0 aliphatic carbocycles. The van der Waals surface area contributed by atoms with E-state index in [0.29, 0.717) is 11.5 Å². The van der Waals surface area contributed by atoms with Crippen LogP contribution < -0.4 is 0 Å². The molecule has 0 unspecified atom stereocenters. The number of hydrogen-bond donors (Lipinski definition) is 0. The average Bonchev–Trinajstić information content (AvgIpc) is 2.10. The van der Waals surface area contributed by atoms with E-state index < -0.39 is 0 Å². The number of nitriles is 2. The van der Waals surface area contributed by atoms with E-state index in [1.54, 1.807) is 0 Å². The van der Waals surface area contributed by atoms with E-state index in [-0.39, 0.29) is 0 Å². The Balaban J connectivity index is 3.92. The Morgan fingerprint density at radius 1 is 1.00 bits per heavy atom. The van der Waals surface area contributed by atoms with Gasteiger partial charge < -0.3 is 0 Å². The van der Waals surface area contributed by atoms with Crippen molar-refractivity contribution < 1.29 is 0 Å². The zero-order chi connectivity index (χ0) is 9.40. The lowest BCUT2D eigenvalue weighted by Crippen LogP contribution is -1.83. The number of nitrogens with zero attached hydrogens (tertiary/aromatic N) is 2. The highest BCUT2D eigenvalue weighted by atomic mass is 79.9. The molecule has 2 nitrogen and oxygen atoms in total. The van der Waals surface area contributed by atoms with Crippen LogP contribution in [0.4, 0.5) is 0 Å². The molecule has 0 aliphatic rings. The van der Waals surface area contributed by atoms with E-state index >= 15 is 0 Å². The third-order valence-corrected chi connectivity index (χ3v) is 4.74. The molecule has 6 heteroatoms. The molecule has 0 bridgehead atoms. The van der Waals surface area contributed by atoms with Crippen LogP contribution >= 0.6 is 55.4 Å². The second kappa shape index (κ2) is 8.00. The highest BCUT2D eigenvalue weighted by Crippen LogP contribution is 2.24. The van der Waals surface area contributed by atoms with Crippen LogP contribution in [-0.2, 0) is 0 Å². The molecule has 0 saturated carbocycles. The summed E-state index contributed by atoms with van der Waals surface area (Å²) in [5.41, 5.74) is 0. The number of thiocyanates is 2. The summed E-state index contributed by atoms with van der Waals surface area (Å²) in [5.74, 6) is 1.23. The van der Waals surface area contributed by atoms with Gasteiger partial charge in [-0.15, -0.1) is 0 Å². The van der Waals surface area contributed by atoms with E-state index in [0.717, 1.165) is 32.5 Å². The molecule has 0 aromatic rings. The molecule has 64 valence electrons. The molecule has 0 amide bonds. The van der Waals surface area contributed by atoms with Crippen molar-refractivity contribution >= 4 is 55.4 Å². The summed E-state index contributed by atoms with van der Waals surface area (Å²) < 4.78 is 1.86. The first kappa shape index (κ1) is 12.4. The highest BCUT2D eigenvalue weighted by Gasteiger charge is 2.00. The Labute approximate surface area is 96.6 Å². The normalized spacial score (nSPS) is 11.3. The molecule has 0 aromatic carbocycles. The number of halogens is 2. The minimum absolute atomic E-state index is 0.614. The maximum atomic E-state index is 8.27. The molecular formula is C6H4Br2N2S2. The van der Waals surface area contributed by atoms with Crippen LogP contribution in [0.3, 0.4) is 0 Å². The Hall–Kier alpha value is 0.380. The number of hydrogen-bond acceptors (Lipinski definition) is 4. The van der Waals surface area contributed by atoms with Gasteiger partial charge in [0.2, 0.25) is 0 Å². The van der Waals surface area contributed by atoms with Crippen LogP contribution in [0.15, 0.2) is 8.96 Å². The minimum Gasteiger partial charge on any atom is -0.185 e. The predicted molar refractivity (Wildman–Crippen MR) is 61.0 cm³/mol. The zero-order valence-corrected chi connectivity index (χ0v) is 10.7. The molecular weight excluding hydrogens is 324 g/mol. The SMILES string of the molecule is N#CSCC(Br)=C(Br)CSC#N. The standard InChI is InChI=1S/C6H4Br2N2S2/c7-5(1-11-3-9)6(8)2-12-4-10/h1-2H2. The topological polar surface area (TPSA) is 47.6 Å². The van der Waals surface area contributed by atoms with Gasteiger partial charge in [0, 0.05) is 20.5 Å². The molecule has 0 atom stereocenters. The lowest BCUT2D eigenvalue weighted by Gasteiger charge is -1.97.